The van der Waals surface area contributed by atoms with E-state index < -0.39 is 0 Å². The Morgan fingerprint density at radius 1 is 1.04 bits per heavy atom. The van der Waals surface area contributed by atoms with Crippen LogP contribution >= 0.6 is 0 Å². The second-order valence-corrected chi connectivity index (χ2v) is 8.37. The average molecular weight is 381 g/mol. The number of carbonyl (C=O) groups is 1. The zero-order valence-corrected chi connectivity index (χ0v) is 16.4. The minimum atomic E-state index is -0.323. The summed E-state index contributed by atoms with van der Waals surface area (Å²) in [5, 5.41) is 13.2. The fourth-order valence-corrected chi connectivity index (χ4v) is 3.64. The summed E-state index contributed by atoms with van der Waals surface area (Å²) in [6.45, 7) is 7.77. The molecule has 146 valence electrons. The lowest BCUT2D eigenvalue weighted by molar-refractivity contribution is 0.0900. The van der Waals surface area contributed by atoms with Crippen LogP contribution in [0.1, 0.15) is 49.8 Å². The van der Waals surface area contributed by atoms with E-state index in [1.807, 2.05) is 16.6 Å². The van der Waals surface area contributed by atoms with E-state index in [2.05, 4.69) is 35.9 Å². The van der Waals surface area contributed by atoms with Crippen molar-refractivity contribution >= 4 is 17.2 Å². The summed E-state index contributed by atoms with van der Waals surface area (Å²) in [4.78, 5) is 14.9. The molecular weight excluding hydrogens is 357 g/mol. The topological polar surface area (TPSA) is 63.4 Å². The molecule has 1 aromatic carbocycles. The van der Waals surface area contributed by atoms with Crippen LogP contribution in [-0.4, -0.2) is 38.7 Å². The Morgan fingerprint density at radius 2 is 1.71 bits per heavy atom. The minimum Gasteiger partial charge on any atom is -0.355 e. The standard InChI is InChI=1S/C21H24FN5O/c1-21(2,3)20-24-23-17-8-9-18(25-27(17)20)26-12-10-15(11-13-26)19(28)14-4-6-16(22)7-5-14/h4-9,15H,10-13H2,1-3H3. The van der Waals surface area contributed by atoms with Crippen molar-refractivity contribution in [3.05, 3.63) is 53.6 Å². The summed E-state index contributed by atoms with van der Waals surface area (Å²) < 4.78 is 14.9. The molecule has 4 rings (SSSR count). The van der Waals surface area contributed by atoms with Crippen LogP contribution in [0.15, 0.2) is 36.4 Å². The van der Waals surface area contributed by atoms with Gasteiger partial charge >= 0.3 is 0 Å². The second-order valence-electron chi connectivity index (χ2n) is 8.37. The van der Waals surface area contributed by atoms with Crippen molar-refractivity contribution in [3.8, 4) is 0 Å². The van der Waals surface area contributed by atoms with Crippen molar-refractivity contribution in [1.29, 1.82) is 0 Å². The number of benzene rings is 1. The first-order chi connectivity index (χ1) is 13.3. The Labute approximate surface area is 163 Å². The van der Waals surface area contributed by atoms with Crippen LogP contribution in [0.3, 0.4) is 0 Å². The number of piperidine rings is 1. The Bertz CT molecular complexity index is 998. The molecule has 0 atom stereocenters. The summed E-state index contributed by atoms with van der Waals surface area (Å²) in [6, 6.07) is 9.71. The first kappa shape index (κ1) is 18.5. The third-order valence-corrected chi connectivity index (χ3v) is 5.24. The lowest BCUT2D eigenvalue weighted by atomic mass is 9.89. The Kier molecular flexibility index (Phi) is 4.61. The van der Waals surface area contributed by atoms with Crippen molar-refractivity contribution in [2.75, 3.05) is 18.0 Å². The normalized spacial score (nSPS) is 15.9. The van der Waals surface area contributed by atoms with Gasteiger partial charge in [0, 0.05) is 30.0 Å². The summed E-state index contributed by atoms with van der Waals surface area (Å²) in [5.41, 5.74) is 1.16. The molecule has 1 saturated heterocycles. The van der Waals surface area contributed by atoms with Crippen LogP contribution in [0.5, 0.6) is 0 Å². The summed E-state index contributed by atoms with van der Waals surface area (Å²) in [6.07, 6.45) is 1.51. The van der Waals surface area contributed by atoms with E-state index in [0.29, 0.717) is 5.56 Å². The van der Waals surface area contributed by atoms with Gasteiger partial charge in [-0.05, 0) is 49.2 Å². The summed E-state index contributed by atoms with van der Waals surface area (Å²) >= 11 is 0. The SMILES string of the molecule is CC(C)(C)c1nnc2ccc(N3CCC(C(=O)c4ccc(F)cc4)CC3)nn12. The maximum absolute atomic E-state index is 13.1. The van der Waals surface area contributed by atoms with Gasteiger partial charge in [-0.2, -0.15) is 4.52 Å². The molecule has 0 amide bonds. The van der Waals surface area contributed by atoms with Crippen molar-refractivity contribution in [2.24, 2.45) is 5.92 Å². The van der Waals surface area contributed by atoms with Gasteiger partial charge < -0.3 is 4.90 Å². The highest BCUT2D eigenvalue weighted by Gasteiger charge is 2.27. The van der Waals surface area contributed by atoms with Gasteiger partial charge in [-0.1, -0.05) is 20.8 Å². The lowest BCUT2D eigenvalue weighted by Gasteiger charge is -2.32. The number of rotatable bonds is 3. The molecule has 3 aromatic rings. The van der Waals surface area contributed by atoms with Crippen LogP contribution in [0.4, 0.5) is 10.2 Å². The van der Waals surface area contributed by atoms with Crippen LogP contribution < -0.4 is 4.90 Å². The summed E-state index contributed by atoms with van der Waals surface area (Å²) in [5.74, 6) is 1.43. The number of nitrogens with zero attached hydrogens (tertiary/aromatic N) is 5. The number of halogens is 1. The van der Waals surface area contributed by atoms with E-state index >= 15 is 0 Å². The van der Waals surface area contributed by atoms with Crippen molar-refractivity contribution in [3.63, 3.8) is 0 Å². The Balaban J connectivity index is 1.49. The van der Waals surface area contributed by atoms with Gasteiger partial charge in [-0.15, -0.1) is 15.3 Å². The molecule has 0 radical (unpaired) electrons. The van der Waals surface area contributed by atoms with Crippen molar-refractivity contribution < 1.29 is 9.18 Å². The molecular formula is C21H24FN5O. The molecule has 0 bridgehead atoms. The van der Waals surface area contributed by atoms with E-state index in [4.69, 9.17) is 5.10 Å². The van der Waals surface area contributed by atoms with E-state index in [1.54, 1.807) is 12.1 Å². The Hall–Kier alpha value is -2.83. The minimum absolute atomic E-state index is 0.0366. The molecule has 1 aliphatic heterocycles. The van der Waals surface area contributed by atoms with Gasteiger partial charge in [0.1, 0.15) is 11.6 Å². The van der Waals surface area contributed by atoms with Gasteiger partial charge in [0.25, 0.3) is 0 Å². The van der Waals surface area contributed by atoms with Crippen LogP contribution in [0.2, 0.25) is 0 Å². The van der Waals surface area contributed by atoms with E-state index in [1.165, 1.54) is 12.1 Å². The number of anilines is 1. The van der Waals surface area contributed by atoms with Gasteiger partial charge in [-0.3, -0.25) is 4.79 Å². The molecule has 7 heteroatoms. The molecule has 0 spiro atoms. The van der Waals surface area contributed by atoms with Gasteiger partial charge in [0.15, 0.2) is 17.3 Å². The van der Waals surface area contributed by atoms with Crippen molar-refractivity contribution in [1.82, 2.24) is 19.8 Å². The monoisotopic (exact) mass is 381 g/mol. The quantitative estimate of drug-likeness (QED) is 0.648. The smallest absolute Gasteiger partial charge is 0.178 e. The zero-order valence-electron chi connectivity index (χ0n) is 16.4. The average Bonchev–Trinajstić information content (AvgIpc) is 3.12. The number of hydrogen-bond donors (Lipinski definition) is 0. The molecule has 2 aromatic heterocycles. The number of carbonyl (C=O) groups excluding carboxylic acids is 1. The highest BCUT2D eigenvalue weighted by atomic mass is 19.1. The second kappa shape index (κ2) is 6.96. The van der Waals surface area contributed by atoms with E-state index in [9.17, 15) is 9.18 Å². The summed E-state index contributed by atoms with van der Waals surface area (Å²) in [7, 11) is 0. The third kappa shape index (κ3) is 3.48. The highest BCUT2D eigenvalue weighted by molar-refractivity contribution is 5.97. The molecule has 0 unspecified atom stereocenters. The number of hydrogen-bond acceptors (Lipinski definition) is 5. The molecule has 0 saturated carbocycles. The largest absolute Gasteiger partial charge is 0.355 e. The predicted molar refractivity (Wildman–Crippen MR) is 105 cm³/mol. The van der Waals surface area contributed by atoms with Gasteiger partial charge in [0.2, 0.25) is 0 Å². The fourth-order valence-electron chi connectivity index (χ4n) is 3.64. The molecule has 1 aliphatic rings. The number of aromatic nitrogens is 4. The molecule has 0 N–H and O–H groups in total. The maximum atomic E-state index is 13.1. The predicted octanol–water partition coefficient (Wildman–Crippen LogP) is 3.66. The van der Waals surface area contributed by atoms with Crippen molar-refractivity contribution in [2.45, 2.75) is 39.0 Å². The molecule has 3 heterocycles. The Morgan fingerprint density at radius 3 is 2.36 bits per heavy atom. The van der Waals surface area contributed by atoms with Gasteiger partial charge in [0.05, 0.1) is 0 Å². The molecule has 6 nitrogen and oxygen atoms in total. The first-order valence-corrected chi connectivity index (χ1v) is 9.60. The molecule has 0 aliphatic carbocycles. The number of ketones is 1. The van der Waals surface area contributed by atoms with Crippen LogP contribution in [0.25, 0.3) is 5.65 Å². The highest BCUT2D eigenvalue weighted by Crippen LogP contribution is 2.26. The lowest BCUT2D eigenvalue weighted by Crippen LogP contribution is -2.37. The van der Waals surface area contributed by atoms with Crippen LogP contribution in [-0.2, 0) is 5.41 Å². The molecule has 28 heavy (non-hydrogen) atoms. The molecule has 1 fully saturated rings. The third-order valence-electron chi connectivity index (χ3n) is 5.24. The maximum Gasteiger partial charge on any atom is 0.178 e. The van der Waals surface area contributed by atoms with Gasteiger partial charge in [-0.25, -0.2) is 4.39 Å². The van der Waals surface area contributed by atoms with E-state index in [0.717, 1.165) is 43.2 Å². The fraction of sp³-hybridized carbons (Fsp3) is 0.429. The van der Waals surface area contributed by atoms with Crippen LogP contribution in [0, 0.1) is 11.7 Å². The number of fused-ring (bicyclic) bond motifs is 1. The zero-order chi connectivity index (χ0) is 19.9. The first-order valence-electron chi connectivity index (χ1n) is 9.60. The van der Waals surface area contributed by atoms with E-state index in [-0.39, 0.29) is 22.9 Å². The number of Topliss-reactive ketones (excluding diaryl/α,β-unsaturated/α-hetero) is 1.